The van der Waals surface area contributed by atoms with Crippen LogP contribution in [0.15, 0.2) is 36.7 Å². The summed E-state index contributed by atoms with van der Waals surface area (Å²) < 4.78 is 5.14. The van der Waals surface area contributed by atoms with E-state index in [1.54, 1.807) is 12.4 Å². The number of aromatic nitrogens is 2. The first-order valence-corrected chi connectivity index (χ1v) is 6.89. The summed E-state index contributed by atoms with van der Waals surface area (Å²) in [5.74, 6) is 0.385. The zero-order valence-corrected chi connectivity index (χ0v) is 12.3. The molecular weight excluding hydrogens is 266 g/mol. The van der Waals surface area contributed by atoms with Gasteiger partial charge in [-0.25, -0.2) is 4.98 Å². The summed E-state index contributed by atoms with van der Waals surface area (Å²) >= 11 is 0. The molecule has 0 aliphatic carbocycles. The number of anilines is 1. The van der Waals surface area contributed by atoms with E-state index in [1.807, 2.05) is 31.2 Å². The topological polar surface area (TPSA) is 64.1 Å². The number of aryl methyl sites for hydroxylation is 2. The van der Waals surface area contributed by atoms with Gasteiger partial charge < -0.3 is 10.1 Å². The van der Waals surface area contributed by atoms with Crippen LogP contribution in [0, 0.1) is 6.92 Å². The number of rotatable bonds is 6. The van der Waals surface area contributed by atoms with Crippen LogP contribution in [0.1, 0.15) is 24.1 Å². The summed E-state index contributed by atoms with van der Waals surface area (Å²) in [6.45, 7) is 1.92. The summed E-state index contributed by atoms with van der Waals surface area (Å²) in [5.41, 5.74) is 2.58. The van der Waals surface area contributed by atoms with Gasteiger partial charge in [-0.2, -0.15) is 0 Å². The van der Waals surface area contributed by atoms with Gasteiger partial charge in [0.2, 0.25) is 11.8 Å². The number of methoxy groups -OCH3 is 1. The quantitative estimate of drug-likeness (QED) is 0.886. The first-order valence-electron chi connectivity index (χ1n) is 6.89. The van der Waals surface area contributed by atoms with Gasteiger partial charge in [-0.05, 0) is 43.5 Å². The van der Waals surface area contributed by atoms with Crippen molar-refractivity contribution in [3.63, 3.8) is 0 Å². The first-order chi connectivity index (χ1) is 10.2. The molecule has 2 rings (SSSR count). The van der Waals surface area contributed by atoms with E-state index in [2.05, 4.69) is 15.3 Å². The largest absolute Gasteiger partial charge is 0.480 e. The molecule has 2 heterocycles. The molecule has 0 radical (unpaired) electrons. The molecule has 0 unspecified atom stereocenters. The van der Waals surface area contributed by atoms with Crippen LogP contribution in [0.3, 0.4) is 0 Å². The molecule has 2 aromatic rings. The minimum absolute atomic E-state index is 0.0448. The minimum Gasteiger partial charge on any atom is -0.480 e. The van der Waals surface area contributed by atoms with E-state index in [4.69, 9.17) is 4.74 Å². The number of nitrogens with one attached hydrogen (secondary N) is 1. The number of pyridine rings is 2. The standard InChI is InChI=1S/C16H19N3O2/c1-12-10-14(16(21-2)18-11-12)19-15(20)8-5-7-13-6-3-4-9-17-13/h3-4,6,9-11H,5,7-8H2,1-2H3,(H,19,20). The molecule has 0 saturated heterocycles. The Balaban J connectivity index is 1.86. The molecule has 1 amide bonds. The highest BCUT2D eigenvalue weighted by atomic mass is 16.5. The van der Waals surface area contributed by atoms with Crippen molar-refractivity contribution in [3.8, 4) is 5.88 Å². The fourth-order valence-electron chi connectivity index (χ4n) is 2.00. The third kappa shape index (κ3) is 4.56. The van der Waals surface area contributed by atoms with Crippen LogP contribution in [0.2, 0.25) is 0 Å². The van der Waals surface area contributed by atoms with Gasteiger partial charge >= 0.3 is 0 Å². The second-order valence-electron chi connectivity index (χ2n) is 4.79. The Hall–Kier alpha value is -2.43. The van der Waals surface area contributed by atoms with Crippen LogP contribution in [0.4, 0.5) is 5.69 Å². The molecule has 0 aromatic carbocycles. The maximum Gasteiger partial charge on any atom is 0.237 e. The van der Waals surface area contributed by atoms with Gasteiger partial charge in [0, 0.05) is 24.5 Å². The van der Waals surface area contributed by atoms with E-state index in [1.165, 1.54) is 7.11 Å². The van der Waals surface area contributed by atoms with E-state index < -0.39 is 0 Å². The van der Waals surface area contributed by atoms with Crippen molar-refractivity contribution >= 4 is 11.6 Å². The van der Waals surface area contributed by atoms with Gasteiger partial charge in [0.05, 0.1) is 7.11 Å². The second kappa shape index (κ2) is 7.38. The molecule has 1 N–H and O–H groups in total. The lowest BCUT2D eigenvalue weighted by atomic mass is 10.1. The molecular formula is C16H19N3O2. The lowest BCUT2D eigenvalue weighted by molar-refractivity contribution is -0.116. The van der Waals surface area contributed by atoms with Crippen molar-refractivity contribution in [2.24, 2.45) is 0 Å². The number of carbonyl (C=O) groups excluding carboxylic acids is 1. The van der Waals surface area contributed by atoms with Gasteiger partial charge in [-0.3, -0.25) is 9.78 Å². The molecule has 5 nitrogen and oxygen atoms in total. The molecule has 0 aliphatic rings. The van der Waals surface area contributed by atoms with Crippen LogP contribution >= 0.6 is 0 Å². The van der Waals surface area contributed by atoms with Crippen molar-refractivity contribution in [2.45, 2.75) is 26.2 Å². The summed E-state index contributed by atoms with van der Waals surface area (Å²) in [6.07, 6.45) is 5.45. The molecule has 0 spiro atoms. The Bertz CT molecular complexity index is 600. The number of amides is 1. The van der Waals surface area contributed by atoms with Gasteiger partial charge in [0.1, 0.15) is 5.69 Å². The lowest BCUT2D eigenvalue weighted by Gasteiger charge is -2.09. The van der Waals surface area contributed by atoms with Gasteiger partial charge in [-0.1, -0.05) is 6.07 Å². The molecule has 21 heavy (non-hydrogen) atoms. The third-order valence-electron chi connectivity index (χ3n) is 3.02. The number of hydrogen-bond donors (Lipinski definition) is 1. The van der Waals surface area contributed by atoms with E-state index in [9.17, 15) is 4.79 Å². The summed E-state index contributed by atoms with van der Waals surface area (Å²) in [7, 11) is 1.54. The molecule has 0 aliphatic heterocycles. The number of carbonyl (C=O) groups is 1. The van der Waals surface area contributed by atoms with Crippen LogP contribution in [-0.4, -0.2) is 23.0 Å². The Morgan fingerprint density at radius 1 is 1.33 bits per heavy atom. The molecule has 0 atom stereocenters. The van der Waals surface area contributed by atoms with Gasteiger partial charge in [-0.15, -0.1) is 0 Å². The van der Waals surface area contributed by atoms with Crippen LogP contribution in [0.5, 0.6) is 5.88 Å². The predicted octanol–water partition coefficient (Wildman–Crippen LogP) is 2.76. The monoisotopic (exact) mass is 285 g/mol. The molecule has 0 saturated carbocycles. The van der Waals surface area contributed by atoms with Crippen LogP contribution in [0.25, 0.3) is 0 Å². The maximum atomic E-state index is 12.0. The molecule has 5 heteroatoms. The number of ether oxygens (including phenoxy) is 1. The van der Waals surface area contributed by atoms with E-state index >= 15 is 0 Å². The van der Waals surface area contributed by atoms with Crippen LogP contribution in [-0.2, 0) is 11.2 Å². The van der Waals surface area contributed by atoms with Crippen molar-refractivity contribution < 1.29 is 9.53 Å². The summed E-state index contributed by atoms with van der Waals surface area (Å²) in [5, 5.41) is 2.84. The van der Waals surface area contributed by atoms with Gasteiger partial charge in [0.15, 0.2) is 0 Å². The van der Waals surface area contributed by atoms with Crippen molar-refractivity contribution in [3.05, 3.63) is 47.9 Å². The molecule has 110 valence electrons. The Morgan fingerprint density at radius 2 is 2.19 bits per heavy atom. The van der Waals surface area contributed by atoms with E-state index in [0.717, 1.165) is 24.1 Å². The third-order valence-corrected chi connectivity index (χ3v) is 3.02. The van der Waals surface area contributed by atoms with Gasteiger partial charge in [0.25, 0.3) is 0 Å². The average Bonchev–Trinajstić information content (AvgIpc) is 2.48. The molecule has 0 fully saturated rings. The normalized spacial score (nSPS) is 10.2. The highest BCUT2D eigenvalue weighted by Crippen LogP contribution is 2.22. The SMILES string of the molecule is COc1ncc(C)cc1NC(=O)CCCc1ccccn1. The lowest BCUT2D eigenvalue weighted by Crippen LogP contribution is -2.13. The zero-order valence-electron chi connectivity index (χ0n) is 12.3. The van der Waals surface area contributed by atoms with Crippen LogP contribution < -0.4 is 10.1 Å². The highest BCUT2D eigenvalue weighted by molar-refractivity contribution is 5.91. The summed E-state index contributed by atoms with van der Waals surface area (Å²) in [4.78, 5) is 20.3. The zero-order chi connectivity index (χ0) is 15.1. The smallest absolute Gasteiger partial charge is 0.237 e. The molecule has 0 bridgehead atoms. The van der Waals surface area contributed by atoms with Crippen molar-refractivity contribution in [1.29, 1.82) is 0 Å². The predicted molar refractivity (Wildman–Crippen MR) is 81.3 cm³/mol. The van der Waals surface area contributed by atoms with Crippen molar-refractivity contribution in [2.75, 3.05) is 12.4 Å². The first kappa shape index (κ1) is 15.0. The van der Waals surface area contributed by atoms with E-state index in [-0.39, 0.29) is 5.91 Å². The average molecular weight is 285 g/mol. The van der Waals surface area contributed by atoms with E-state index in [0.29, 0.717) is 18.0 Å². The minimum atomic E-state index is -0.0448. The second-order valence-corrected chi connectivity index (χ2v) is 4.79. The number of nitrogens with zero attached hydrogens (tertiary/aromatic N) is 2. The Labute approximate surface area is 124 Å². The fourth-order valence-corrected chi connectivity index (χ4v) is 2.00. The number of hydrogen-bond acceptors (Lipinski definition) is 4. The maximum absolute atomic E-state index is 12.0. The Morgan fingerprint density at radius 3 is 2.90 bits per heavy atom. The van der Waals surface area contributed by atoms with Crippen molar-refractivity contribution in [1.82, 2.24) is 9.97 Å². The molecule has 2 aromatic heterocycles. The fraction of sp³-hybridized carbons (Fsp3) is 0.312. The highest BCUT2D eigenvalue weighted by Gasteiger charge is 2.09. The summed E-state index contributed by atoms with van der Waals surface area (Å²) in [6, 6.07) is 7.65. The Kier molecular flexibility index (Phi) is 5.26.